The minimum Gasteiger partial charge on any atom is -0.333 e. The fraction of sp³-hybridized carbons (Fsp3) is 0.467. The van der Waals surface area contributed by atoms with Crippen LogP contribution >= 0.6 is 0 Å². The number of aryl methyl sites for hydroxylation is 1. The van der Waals surface area contributed by atoms with Crippen LogP contribution in [0.5, 0.6) is 0 Å². The summed E-state index contributed by atoms with van der Waals surface area (Å²) in [6.07, 6.45) is 13.2. The van der Waals surface area contributed by atoms with Gasteiger partial charge in [0.05, 0.1) is 16.8 Å². The Labute approximate surface area is 198 Å². The Kier molecular flexibility index (Phi) is 6.75. The fourth-order valence-electron chi connectivity index (χ4n) is 5.90. The topological polar surface area (TPSA) is 33.2 Å². The summed E-state index contributed by atoms with van der Waals surface area (Å²) in [6.45, 7) is 2.17. The molecule has 172 valence electrons. The van der Waals surface area contributed by atoms with E-state index in [4.69, 9.17) is 4.98 Å². The molecule has 2 saturated carbocycles. The number of hydrogen-bond donors (Lipinski definition) is 0. The van der Waals surface area contributed by atoms with E-state index in [1.165, 1.54) is 44.1 Å². The minimum absolute atomic E-state index is 0.221. The summed E-state index contributed by atoms with van der Waals surface area (Å²) in [6, 6.07) is 19.6. The smallest absolute Gasteiger partial charge is 0.255 e. The SMILES string of the molecule is CCc1ccc(-c2cc(C(=O)N(C3CCCCC3)C3CCCCC3)c3ccccc3n2)cc1. The van der Waals surface area contributed by atoms with Crippen LogP contribution in [0.25, 0.3) is 22.2 Å². The molecular weight excluding hydrogens is 404 g/mol. The first kappa shape index (κ1) is 22.1. The summed E-state index contributed by atoms with van der Waals surface area (Å²) in [7, 11) is 0. The first-order valence-electron chi connectivity index (χ1n) is 13.1. The Bertz CT molecular complexity index is 1070. The highest BCUT2D eigenvalue weighted by Gasteiger charge is 2.34. The first-order chi connectivity index (χ1) is 16.2. The number of aromatic nitrogens is 1. The van der Waals surface area contributed by atoms with Crippen LogP contribution in [0.2, 0.25) is 0 Å². The van der Waals surface area contributed by atoms with Gasteiger partial charge in [0.25, 0.3) is 5.91 Å². The molecule has 2 aliphatic carbocycles. The van der Waals surface area contributed by atoms with E-state index in [9.17, 15) is 4.79 Å². The molecule has 3 nitrogen and oxygen atoms in total. The van der Waals surface area contributed by atoms with E-state index in [-0.39, 0.29) is 5.91 Å². The van der Waals surface area contributed by atoms with E-state index in [0.29, 0.717) is 12.1 Å². The van der Waals surface area contributed by atoms with Gasteiger partial charge in [-0.25, -0.2) is 4.98 Å². The van der Waals surface area contributed by atoms with Gasteiger partial charge in [0.2, 0.25) is 0 Å². The van der Waals surface area contributed by atoms with Crippen molar-refractivity contribution in [2.24, 2.45) is 0 Å². The molecule has 2 aromatic carbocycles. The highest BCUT2D eigenvalue weighted by molar-refractivity contribution is 6.07. The third kappa shape index (κ3) is 4.69. The molecule has 2 aliphatic rings. The number of rotatable bonds is 5. The molecular formula is C30H36N2O. The van der Waals surface area contributed by atoms with Crippen molar-refractivity contribution in [3.8, 4) is 11.3 Å². The van der Waals surface area contributed by atoms with Gasteiger partial charge in [-0.3, -0.25) is 4.79 Å². The number of para-hydroxylation sites is 1. The number of carbonyl (C=O) groups is 1. The summed E-state index contributed by atoms with van der Waals surface area (Å²) >= 11 is 0. The third-order valence-corrected chi connectivity index (χ3v) is 7.78. The van der Waals surface area contributed by atoms with Crippen LogP contribution in [0.1, 0.15) is 87.1 Å². The number of hydrogen-bond acceptors (Lipinski definition) is 2. The quantitative estimate of drug-likeness (QED) is 0.410. The van der Waals surface area contributed by atoms with Gasteiger partial charge in [0.1, 0.15) is 0 Å². The molecule has 3 heteroatoms. The van der Waals surface area contributed by atoms with Crippen molar-refractivity contribution in [1.29, 1.82) is 0 Å². The molecule has 0 saturated heterocycles. The average molecular weight is 441 g/mol. The molecule has 1 heterocycles. The van der Waals surface area contributed by atoms with Crippen LogP contribution in [0.3, 0.4) is 0 Å². The lowest BCUT2D eigenvalue weighted by Gasteiger charge is -2.42. The van der Waals surface area contributed by atoms with Crippen molar-refractivity contribution in [3.05, 3.63) is 65.7 Å². The van der Waals surface area contributed by atoms with Gasteiger partial charge in [0, 0.05) is 23.0 Å². The zero-order chi connectivity index (χ0) is 22.6. The molecule has 33 heavy (non-hydrogen) atoms. The lowest BCUT2D eigenvalue weighted by Crippen LogP contribution is -2.48. The second-order valence-electron chi connectivity index (χ2n) is 9.92. The molecule has 1 aromatic heterocycles. The van der Waals surface area contributed by atoms with Crippen LogP contribution in [0.4, 0.5) is 0 Å². The largest absolute Gasteiger partial charge is 0.333 e. The Morgan fingerprint density at radius 1 is 0.848 bits per heavy atom. The van der Waals surface area contributed by atoms with Gasteiger partial charge in [-0.15, -0.1) is 0 Å². The first-order valence-corrected chi connectivity index (χ1v) is 13.1. The van der Waals surface area contributed by atoms with Crippen LogP contribution < -0.4 is 0 Å². The molecule has 2 fully saturated rings. The number of carbonyl (C=O) groups excluding carboxylic acids is 1. The summed E-state index contributed by atoms with van der Waals surface area (Å²) in [4.78, 5) is 21.6. The fourth-order valence-corrected chi connectivity index (χ4v) is 5.90. The van der Waals surface area contributed by atoms with E-state index in [1.807, 2.05) is 18.2 Å². The van der Waals surface area contributed by atoms with E-state index < -0.39 is 0 Å². The standard InChI is InChI=1S/C30H36N2O/c1-2-22-17-19-23(20-18-22)29-21-27(26-15-9-10-16-28(26)31-29)30(33)32(24-11-5-3-6-12-24)25-13-7-4-8-14-25/h9-10,15-21,24-25H,2-8,11-14H2,1H3. The van der Waals surface area contributed by atoms with Gasteiger partial charge >= 0.3 is 0 Å². The molecule has 0 radical (unpaired) electrons. The Hall–Kier alpha value is -2.68. The number of benzene rings is 2. The lowest BCUT2D eigenvalue weighted by atomic mass is 9.87. The summed E-state index contributed by atoms with van der Waals surface area (Å²) < 4.78 is 0. The molecule has 0 atom stereocenters. The maximum Gasteiger partial charge on any atom is 0.255 e. The predicted octanol–water partition coefficient (Wildman–Crippen LogP) is 7.57. The number of pyridine rings is 1. The number of amides is 1. The second kappa shape index (κ2) is 10.1. The summed E-state index contributed by atoms with van der Waals surface area (Å²) in [5.41, 5.74) is 5.02. The zero-order valence-corrected chi connectivity index (χ0v) is 19.9. The summed E-state index contributed by atoms with van der Waals surface area (Å²) in [5, 5.41) is 0.980. The van der Waals surface area contributed by atoms with Crippen LogP contribution in [-0.4, -0.2) is 27.9 Å². The van der Waals surface area contributed by atoms with Gasteiger partial charge in [-0.2, -0.15) is 0 Å². The zero-order valence-electron chi connectivity index (χ0n) is 19.9. The second-order valence-corrected chi connectivity index (χ2v) is 9.92. The molecule has 0 N–H and O–H groups in total. The normalized spacial score (nSPS) is 17.8. The Morgan fingerprint density at radius 3 is 2.06 bits per heavy atom. The highest BCUT2D eigenvalue weighted by Crippen LogP contribution is 2.34. The van der Waals surface area contributed by atoms with Gasteiger partial charge < -0.3 is 4.90 Å². The van der Waals surface area contributed by atoms with Crippen LogP contribution in [0.15, 0.2) is 54.6 Å². The van der Waals surface area contributed by atoms with Gasteiger partial charge in [0.15, 0.2) is 0 Å². The molecule has 1 amide bonds. The summed E-state index contributed by atoms with van der Waals surface area (Å²) in [5.74, 6) is 0.221. The van der Waals surface area contributed by atoms with Gasteiger partial charge in [-0.05, 0) is 49.8 Å². The maximum absolute atomic E-state index is 14.3. The molecule has 3 aromatic rings. The lowest BCUT2D eigenvalue weighted by molar-refractivity contribution is 0.0450. The Balaban J connectivity index is 1.58. The van der Waals surface area contributed by atoms with Crippen molar-refractivity contribution in [2.75, 3.05) is 0 Å². The molecule has 0 spiro atoms. The third-order valence-electron chi connectivity index (χ3n) is 7.78. The van der Waals surface area contributed by atoms with E-state index in [0.717, 1.165) is 59.8 Å². The van der Waals surface area contributed by atoms with E-state index in [2.05, 4.69) is 48.2 Å². The van der Waals surface area contributed by atoms with Crippen LogP contribution in [-0.2, 0) is 6.42 Å². The number of nitrogens with zero attached hydrogens (tertiary/aromatic N) is 2. The predicted molar refractivity (Wildman–Crippen MR) is 136 cm³/mol. The van der Waals surface area contributed by atoms with Crippen molar-refractivity contribution >= 4 is 16.8 Å². The minimum atomic E-state index is 0.221. The van der Waals surface area contributed by atoms with Crippen LogP contribution in [0, 0.1) is 0 Å². The van der Waals surface area contributed by atoms with E-state index >= 15 is 0 Å². The van der Waals surface area contributed by atoms with E-state index in [1.54, 1.807) is 0 Å². The Morgan fingerprint density at radius 2 is 1.45 bits per heavy atom. The van der Waals surface area contributed by atoms with Crippen molar-refractivity contribution < 1.29 is 4.79 Å². The molecule has 5 rings (SSSR count). The number of fused-ring (bicyclic) bond motifs is 1. The van der Waals surface area contributed by atoms with Gasteiger partial charge in [-0.1, -0.05) is 87.9 Å². The monoisotopic (exact) mass is 440 g/mol. The van der Waals surface area contributed by atoms with Crippen molar-refractivity contribution in [3.63, 3.8) is 0 Å². The highest BCUT2D eigenvalue weighted by atomic mass is 16.2. The molecule has 0 aliphatic heterocycles. The molecule has 0 bridgehead atoms. The molecule has 0 unspecified atom stereocenters. The van der Waals surface area contributed by atoms with Crippen molar-refractivity contribution in [2.45, 2.75) is 89.6 Å². The maximum atomic E-state index is 14.3. The van der Waals surface area contributed by atoms with Crippen molar-refractivity contribution in [1.82, 2.24) is 9.88 Å². The average Bonchev–Trinajstić information content (AvgIpc) is 2.89.